The highest BCUT2D eigenvalue weighted by Crippen LogP contribution is 2.31. The molecule has 0 saturated heterocycles. The van der Waals surface area contributed by atoms with Crippen molar-refractivity contribution in [3.05, 3.63) is 0 Å². The lowest BCUT2D eigenvalue weighted by molar-refractivity contribution is 0.102. The predicted octanol–water partition coefficient (Wildman–Crippen LogP) is 2.50. The van der Waals surface area contributed by atoms with E-state index in [-0.39, 0.29) is 5.54 Å². The van der Waals surface area contributed by atoms with Crippen LogP contribution >= 0.6 is 0 Å². The molecule has 1 fully saturated rings. The predicted molar refractivity (Wildman–Crippen MR) is 77.7 cm³/mol. The number of nitrogens with zero attached hydrogens (tertiary/aromatic N) is 1. The maximum atomic E-state index is 6.62. The van der Waals surface area contributed by atoms with Crippen LogP contribution in [0.5, 0.6) is 0 Å². The number of nitrogens with two attached hydrogens (primary N) is 1. The summed E-state index contributed by atoms with van der Waals surface area (Å²) < 4.78 is 5.21. The minimum atomic E-state index is 0.0281. The second kappa shape index (κ2) is 7.46. The van der Waals surface area contributed by atoms with E-state index in [9.17, 15) is 0 Å². The van der Waals surface area contributed by atoms with Crippen LogP contribution in [0.25, 0.3) is 0 Å². The lowest BCUT2D eigenvalue weighted by Gasteiger charge is -2.41. The number of ether oxygens (including phenoxy) is 1. The molecule has 0 aromatic heterocycles. The molecular formula is C15H32N2O. The van der Waals surface area contributed by atoms with Gasteiger partial charge in [0.2, 0.25) is 0 Å². The second-order valence-corrected chi connectivity index (χ2v) is 6.69. The third-order valence-electron chi connectivity index (χ3n) is 3.90. The molecule has 2 unspecified atom stereocenters. The molecule has 2 N–H and O–H groups in total. The van der Waals surface area contributed by atoms with Gasteiger partial charge in [0, 0.05) is 32.3 Å². The van der Waals surface area contributed by atoms with E-state index < -0.39 is 0 Å². The molecule has 0 amide bonds. The first-order valence-electron chi connectivity index (χ1n) is 7.45. The smallest absolute Gasteiger partial charge is 0.0589 e. The molecule has 2 atom stereocenters. The Morgan fingerprint density at radius 2 is 2.17 bits per heavy atom. The van der Waals surface area contributed by atoms with Crippen molar-refractivity contribution in [3.8, 4) is 0 Å². The summed E-state index contributed by atoms with van der Waals surface area (Å²) in [6.45, 7) is 10.8. The van der Waals surface area contributed by atoms with Gasteiger partial charge in [-0.2, -0.15) is 0 Å². The quantitative estimate of drug-likeness (QED) is 0.760. The Morgan fingerprint density at radius 3 is 2.72 bits per heavy atom. The zero-order chi connectivity index (χ0) is 13.6. The monoisotopic (exact) mass is 256 g/mol. The van der Waals surface area contributed by atoms with Crippen molar-refractivity contribution >= 4 is 0 Å². The van der Waals surface area contributed by atoms with Crippen molar-refractivity contribution in [1.82, 2.24) is 4.90 Å². The van der Waals surface area contributed by atoms with Gasteiger partial charge in [0.1, 0.15) is 0 Å². The summed E-state index contributed by atoms with van der Waals surface area (Å²) in [5.74, 6) is 1.47. The molecule has 0 bridgehead atoms. The largest absolute Gasteiger partial charge is 0.383 e. The fraction of sp³-hybridized carbons (Fsp3) is 1.00. The summed E-state index contributed by atoms with van der Waals surface area (Å²) in [4.78, 5) is 2.49. The number of rotatable bonds is 7. The molecule has 0 aromatic rings. The third kappa shape index (κ3) is 5.68. The van der Waals surface area contributed by atoms with Crippen LogP contribution in [-0.2, 0) is 4.74 Å². The first-order chi connectivity index (χ1) is 8.45. The zero-order valence-corrected chi connectivity index (χ0v) is 12.7. The molecule has 0 aliphatic heterocycles. The van der Waals surface area contributed by atoms with E-state index in [1.807, 2.05) is 0 Å². The van der Waals surface area contributed by atoms with Gasteiger partial charge in [0.05, 0.1) is 6.61 Å². The highest BCUT2D eigenvalue weighted by molar-refractivity contribution is 4.92. The Bertz CT molecular complexity index is 233. The minimum Gasteiger partial charge on any atom is -0.383 e. The van der Waals surface area contributed by atoms with E-state index >= 15 is 0 Å². The van der Waals surface area contributed by atoms with Crippen LogP contribution < -0.4 is 5.73 Å². The van der Waals surface area contributed by atoms with E-state index in [4.69, 9.17) is 10.5 Å². The first kappa shape index (κ1) is 15.9. The molecule has 0 heterocycles. The second-order valence-electron chi connectivity index (χ2n) is 6.69. The van der Waals surface area contributed by atoms with E-state index in [1.54, 1.807) is 7.11 Å². The molecular weight excluding hydrogens is 224 g/mol. The summed E-state index contributed by atoms with van der Waals surface area (Å²) in [7, 11) is 1.77. The highest BCUT2D eigenvalue weighted by atomic mass is 16.5. The van der Waals surface area contributed by atoms with Crippen LogP contribution in [0.1, 0.15) is 46.5 Å². The Kier molecular flexibility index (Phi) is 6.61. The number of methoxy groups -OCH3 is 1. The average Bonchev–Trinajstić information content (AvgIpc) is 2.24. The highest BCUT2D eigenvalue weighted by Gasteiger charge is 2.32. The maximum Gasteiger partial charge on any atom is 0.0589 e. The summed E-state index contributed by atoms with van der Waals surface area (Å²) in [5.41, 5.74) is 6.64. The van der Waals surface area contributed by atoms with E-state index in [1.165, 1.54) is 25.7 Å². The van der Waals surface area contributed by atoms with Crippen LogP contribution in [0.15, 0.2) is 0 Å². The standard InChI is InChI=1S/C15H32N2O/c1-13(2)11-17(8-9-18-4)12-15(16)7-5-6-14(3)10-15/h13-14H,5-12,16H2,1-4H3. The van der Waals surface area contributed by atoms with E-state index in [0.29, 0.717) is 5.92 Å². The van der Waals surface area contributed by atoms with Gasteiger partial charge in [0.25, 0.3) is 0 Å². The van der Waals surface area contributed by atoms with Gasteiger partial charge in [-0.3, -0.25) is 4.90 Å². The fourth-order valence-corrected chi connectivity index (χ4v) is 3.26. The average molecular weight is 256 g/mol. The van der Waals surface area contributed by atoms with Crippen LogP contribution in [0, 0.1) is 11.8 Å². The summed E-state index contributed by atoms with van der Waals surface area (Å²) in [6.07, 6.45) is 4.99. The molecule has 108 valence electrons. The molecule has 1 aliphatic rings. The molecule has 0 spiro atoms. The summed E-state index contributed by atoms with van der Waals surface area (Å²) >= 11 is 0. The molecule has 1 aliphatic carbocycles. The van der Waals surface area contributed by atoms with Crippen molar-refractivity contribution < 1.29 is 4.74 Å². The summed E-state index contributed by atoms with van der Waals surface area (Å²) in [6, 6.07) is 0. The van der Waals surface area contributed by atoms with Crippen molar-refractivity contribution in [1.29, 1.82) is 0 Å². The topological polar surface area (TPSA) is 38.5 Å². The zero-order valence-electron chi connectivity index (χ0n) is 12.7. The Morgan fingerprint density at radius 1 is 1.44 bits per heavy atom. The molecule has 18 heavy (non-hydrogen) atoms. The number of hydrogen-bond acceptors (Lipinski definition) is 3. The van der Waals surface area contributed by atoms with Gasteiger partial charge in [-0.05, 0) is 24.7 Å². The molecule has 0 aromatic carbocycles. The van der Waals surface area contributed by atoms with Gasteiger partial charge in [0.15, 0.2) is 0 Å². The lowest BCUT2D eigenvalue weighted by atomic mass is 9.76. The van der Waals surface area contributed by atoms with Gasteiger partial charge in [-0.15, -0.1) is 0 Å². The Balaban J connectivity index is 2.51. The molecule has 3 heteroatoms. The van der Waals surface area contributed by atoms with E-state index in [0.717, 1.165) is 32.2 Å². The molecule has 1 saturated carbocycles. The van der Waals surface area contributed by atoms with Crippen molar-refractivity contribution in [3.63, 3.8) is 0 Å². The minimum absolute atomic E-state index is 0.0281. The molecule has 3 nitrogen and oxygen atoms in total. The van der Waals surface area contributed by atoms with Gasteiger partial charge in [-0.1, -0.05) is 33.6 Å². The third-order valence-corrected chi connectivity index (χ3v) is 3.90. The maximum absolute atomic E-state index is 6.62. The Hall–Kier alpha value is -0.120. The van der Waals surface area contributed by atoms with Crippen LogP contribution in [-0.4, -0.2) is 43.8 Å². The fourth-order valence-electron chi connectivity index (χ4n) is 3.26. The van der Waals surface area contributed by atoms with E-state index in [2.05, 4.69) is 25.7 Å². The van der Waals surface area contributed by atoms with Crippen LogP contribution in [0.4, 0.5) is 0 Å². The lowest BCUT2D eigenvalue weighted by Crippen LogP contribution is -2.53. The summed E-state index contributed by atoms with van der Waals surface area (Å²) in [5, 5.41) is 0. The number of hydrogen-bond donors (Lipinski definition) is 1. The molecule has 0 radical (unpaired) electrons. The van der Waals surface area contributed by atoms with Crippen molar-refractivity contribution in [2.75, 3.05) is 33.4 Å². The Labute approximate surface area is 113 Å². The van der Waals surface area contributed by atoms with Crippen LogP contribution in [0.2, 0.25) is 0 Å². The normalized spacial score (nSPS) is 29.2. The van der Waals surface area contributed by atoms with Gasteiger partial charge in [-0.25, -0.2) is 0 Å². The first-order valence-corrected chi connectivity index (χ1v) is 7.45. The molecule has 1 rings (SSSR count). The van der Waals surface area contributed by atoms with Crippen molar-refractivity contribution in [2.24, 2.45) is 17.6 Å². The van der Waals surface area contributed by atoms with Gasteiger partial charge < -0.3 is 10.5 Å². The van der Waals surface area contributed by atoms with Crippen LogP contribution in [0.3, 0.4) is 0 Å². The van der Waals surface area contributed by atoms with Crippen molar-refractivity contribution in [2.45, 2.75) is 52.0 Å². The SMILES string of the molecule is COCCN(CC(C)C)CC1(N)CCCC(C)C1. The van der Waals surface area contributed by atoms with Gasteiger partial charge >= 0.3 is 0 Å².